The van der Waals surface area contributed by atoms with Gasteiger partial charge in [-0.25, -0.2) is 4.79 Å². The maximum Gasteiger partial charge on any atom is 0.337 e. The highest BCUT2D eigenvalue weighted by atomic mass is 35.5. The lowest BCUT2D eigenvalue weighted by molar-refractivity contribution is -0.112. The number of halogens is 1. The van der Waals surface area contributed by atoms with Crippen LogP contribution in [0.4, 0.5) is 5.69 Å². The van der Waals surface area contributed by atoms with E-state index in [9.17, 15) is 14.9 Å². The summed E-state index contributed by atoms with van der Waals surface area (Å²) in [6.07, 6.45) is 3.65. The molecule has 7 nitrogen and oxygen atoms in total. The Hall–Kier alpha value is -4.54. The zero-order valence-corrected chi connectivity index (χ0v) is 21.2. The first-order valence-corrected chi connectivity index (χ1v) is 11.6. The molecule has 0 aliphatic carbocycles. The minimum absolute atomic E-state index is 0.117. The standard InChI is InChI=1S/C29H25ClN2O5/c1-4-7-21-14-19(16-26(35-2)27(21)37-18-22-8-5-6-9-25(22)30)15-23(17-31)28(33)32-24-12-10-20(11-13-24)29(34)36-3/h4-6,8-16H,1,7,18H2,2-3H3,(H,32,33)/b23-15+. The number of carbonyl (C=O) groups excluding carboxylic acids is 2. The molecule has 0 aliphatic heterocycles. The third-order valence-electron chi connectivity index (χ3n) is 5.31. The number of amides is 1. The number of nitriles is 1. The molecule has 1 amide bonds. The van der Waals surface area contributed by atoms with Crippen molar-refractivity contribution in [2.45, 2.75) is 13.0 Å². The molecule has 3 aromatic carbocycles. The molecule has 0 bridgehead atoms. The Labute approximate surface area is 220 Å². The first-order chi connectivity index (χ1) is 17.9. The lowest BCUT2D eigenvalue weighted by Crippen LogP contribution is -2.13. The number of ether oxygens (including phenoxy) is 3. The third kappa shape index (κ3) is 7.00. The van der Waals surface area contributed by atoms with Crippen LogP contribution in [0.15, 0.2) is 78.9 Å². The van der Waals surface area contributed by atoms with Gasteiger partial charge in [-0.1, -0.05) is 35.9 Å². The molecule has 0 aromatic heterocycles. The van der Waals surface area contributed by atoms with E-state index in [1.54, 1.807) is 30.3 Å². The quantitative estimate of drug-likeness (QED) is 0.154. The lowest BCUT2D eigenvalue weighted by Gasteiger charge is -2.16. The van der Waals surface area contributed by atoms with Crippen LogP contribution in [0.5, 0.6) is 11.5 Å². The van der Waals surface area contributed by atoms with Crippen LogP contribution in [0, 0.1) is 11.3 Å². The van der Waals surface area contributed by atoms with Crippen LogP contribution in [-0.4, -0.2) is 26.1 Å². The fraction of sp³-hybridized carbons (Fsp3) is 0.138. The summed E-state index contributed by atoms with van der Waals surface area (Å²) in [6.45, 7) is 4.04. The third-order valence-corrected chi connectivity index (χ3v) is 5.68. The van der Waals surface area contributed by atoms with Gasteiger partial charge in [0, 0.05) is 21.8 Å². The van der Waals surface area contributed by atoms with Crippen LogP contribution in [0.3, 0.4) is 0 Å². The van der Waals surface area contributed by atoms with Crippen molar-refractivity contribution < 1.29 is 23.8 Å². The second kappa shape index (κ2) is 13.0. The number of methoxy groups -OCH3 is 2. The van der Waals surface area contributed by atoms with Crippen LogP contribution in [0.25, 0.3) is 6.08 Å². The number of nitrogens with one attached hydrogen (secondary N) is 1. The highest BCUT2D eigenvalue weighted by molar-refractivity contribution is 6.31. The highest BCUT2D eigenvalue weighted by Gasteiger charge is 2.16. The van der Waals surface area contributed by atoms with Gasteiger partial charge in [0.2, 0.25) is 0 Å². The van der Waals surface area contributed by atoms with Gasteiger partial charge in [-0.3, -0.25) is 4.79 Å². The van der Waals surface area contributed by atoms with E-state index in [4.69, 9.17) is 21.1 Å². The molecule has 0 spiro atoms. The zero-order valence-electron chi connectivity index (χ0n) is 20.4. The van der Waals surface area contributed by atoms with Gasteiger partial charge >= 0.3 is 5.97 Å². The maximum absolute atomic E-state index is 12.8. The van der Waals surface area contributed by atoms with Gasteiger partial charge in [0.05, 0.1) is 19.8 Å². The molecule has 188 valence electrons. The molecular formula is C29H25ClN2O5. The van der Waals surface area contributed by atoms with Crippen LogP contribution in [-0.2, 0) is 22.6 Å². The zero-order chi connectivity index (χ0) is 26.8. The Morgan fingerprint density at radius 2 is 1.81 bits per heavy atom. The summed E-state index contributed by atoms with van der Waals surface area (Å²) < 4.78 is 16.3. The molecule has 0 unspecified atom stereocenters. The van der Waals surface area contributed by atoms with E-state index in [0.29, 0.717) is 39.8 Å². The van der Waals surface area contributed by atoms with Gasteiger partial charge < -0.3 is 19.5 Å². The Morgan fingerprint density at radius 1 is 1.08 bits per heavy atom. The summed E-state index contributed by atoms with van der Waals surface area (Å²) in [4.78, 5) is 24.4. The molecule has 0 saturated heterocycles. The molecule has 0 atom stereocenters. The number of allylic oxidation sites excluding steroid dienone is 1. The number of esters is 1. The molecular weight excluding hydrogens is 492 g/mol. The summed E-state index contributed by atoms with van der Waals surface area (Å²) >= 11 is 6.26. The van der Waals surface area contributed by atoms with E-state index in [0.717, 1.165) is 11.1 Å². The van der Waals surface area contributed by atoms with Crippen molar-refractivity contribution in [3.63, 3.8) is 0 Å². The van der Waals surface area contributed by atoms with E-state index in [-0.39, 0.29) is 12.2 Å². The van der Waals surface area contributed by atoms with Crippen LogP contribution >= 0.6 is 11.6 Å². The molecule has 0 saturated carbocycles. The number of benzene rings is 3. The minimum Gasteiger partial charge on any atom is -0.493 e. The van der Waals surface area contributed by atoms with Crippen LogP contribution < -0.4 is 14.8 Å². The average molecular weight is 517 g/mol. The molecule has 0 aliphatic rings. The molecule has 0 fully saturated rings. The molecule has 3 rings (SSSR count). The predicted octanol–water partition coefficient (Wildman–Crippen LogP) is 5.99. The van der Waals surface area contributed by atoms with Crippen LogP contribution in [0.1, 0.15) is 27.0 Å². The fourth-order valence-corrected chi connectivity index (χ4v) is 3.67. The molecule has 3 aromatic rings. The fourth-order valence-electron chi connectivity index (χ4n) is 3.48. The van der Waals surface area contributed by atoms with Gasteiger partial charge in [-0.15, -0.1) is 6.58 Å². The minimum atomic E-state index is -0.600. The summed E-state index contributed by atoms with van der Waals surface area (Å²) in [5.41, 5.74) is 2.81. The summed E-state index contributed by atoms with van der Waals surface area (Å²) in [5, 5.41) is 12.9. The Bertz CT molecular complexity index is 1370. The van der Waals surface area contributed by atoms with E-state index in [1.165, 1.54) is 32.4 Å². The van der Waals surface area contributed by atoms with E-state index < -0.39 is 11.9 Å². The van der Waals surface area contributed by atoms with E-state index >= 15 is 0 Å². The van der Waals surface area contributed by atoms with Gasteiger partial charge in [0.15, 0.2) is 11.5 Å². The Balaban J connectivity index is 1.86. The average Bonchev–Trinajstić information content (AvgIpc) is 2.91. The monoisotopic (exact) mass is 516 g/mol. The lowest BCUT2D eigenvalue weighted by atomic mass is 10.0. The molecule has 1 N–H and O–H groups in total. The highest BCUT2D eigenvalue weighted by Crippen LogP contribution is 2.35. The van der Waals surface area contributed by atoms with Crippen LogP contribution in [0.2, 0.25) is 5.02 Å². The topological polar surface area (TPSA) is 97.7 Å². The van der Waals surface area contributed by atoms with Crippen molar-refractivity contribution in [1.29, 1.82) is 5.26 Å². The number of carbonyl (C=O) groups is 2. The van der Waals surface area contributed by atoms with Gasteiger partial charge in [0.1, 0.15) is 18.2 Å². The van der Waals surface area contributed by atoms with Gasteiger partial charge in [-0.2, -0.15) is 5.26 Å². The van der Waals surface area contributed by atoms with E-state index in [2.05, 4.69) is 16.6 Å². The number of hydrogen-bond donors (Lipinski definition) is 1. The Morgan fingerprint density at radius 3 is 2.43 bits per heavy atom. The van der Waals surface area contributed by atoms with Crippen molar-refractivity contribution >= 4 is 35.2 Å². The second-order valence-corrected chi connectivity index (χ2v) is 8.18. The number of hydrogen-bond acceptors (Lipinski definition) is 6. The smallest absolute Gasteiger partial charge is 0.337 e. The molecule has 8 heteroatoms. The number of anilines is 1. The normalized spacial score (nSPS) is 10.7. The van der Waals surface area contributed by atoms with Crippen molar-refractivity contribution in [2.75, 3.05) is 19.5 Å². The predicted molar refractivity (Wildman–Crippen MR) is 143 cm³/mol. The first kappa shape index (κ1) is 27.1. The number of rotatable bonds is 10. The van der Waals surface area contributed by atoms with Crippen molar-refractivity contribution in [2.24, 2.45) is 0 Å². The van der Waals surface area contributed by atoms with Crippen molar-refractivity contribution in [3.8, 4) is 17.6 Å². The second-order valence-electron chi connectivity index (χ2n) is 7.78. The Kier molecular flexibility index (Phi) is 9.48. The molecule has 0 radical (unpaired) electrons. The van der Waals surface area contributed by atoms with Crippen molar-refractivity contribution in [3.05, 3.63) is 106 Å². The van der Waals surface area contributed by atoms with Gasteiger partial charge in [0.25, 0.3) is 5.91 Å². The summed E-state index contributed by atoms with van der Waals surface area (Å²) in [7, 11) is 2.80. The van der Waals surface area contributed by atoms with Crippen molar-refractivity contribution in [1.82, 2.24) is 0 Å². The molecule has 37 heavy (non-hydrogen) atoms. The van der Waals surface area contributed by atoms with Gasteiger partial charge in [-0.05, 0) is 60.5 Å². The largest absolute Gasteiger partial charge is 0.493 e. The summed E-state index contributed by atoms with van der Waals surface area (Å²) in [5.74, 6) is -0.127. The van der Waals surface area contributed by atoms with E-state index in [1.807, 2.05) is 30.3 Å². The summed E-state index contributed by atoms with van der Waals surface area (Å²) in [6, 6.07) is 19.0. The SMILES string of the molecule is C=CCc1cc(/C=C(\C#N)C(=O)Nc2ccc(C(=O)OC)cc2)cc(OC)c1OCc1ccccc1Cl. The number of nitrogens with zero attached hydrogens (tertiary/aromatic N) is 1. The molecule has 0 heterocycles. The first-order valence-electron chi connectivity index (χ1n) is 11.2. The maximum atomic E-state index is 12.8.